The normalized spacial score (nSPS) is 11.1. The lowest BCUT2D eigenvalue weighted by Gasteiger charge is -2.11. The summed E-state index contributed by atoms with van der Waals surface area (Å²) >= 11 is 0. The van der Waals surface area contributed by atoms with Gasteiger partial charge in [-0.25, -0.2) is 8.78 Å². The van der Waals surface area contributed by atoms with Crippen LogP contribution >= 0.6 is 0 Å². The maximum absolute atomic E-state index is 13.8. The molecule has 0 fully saturated rings. The van der Waals surface area contributed by atoms with E-state index >= 15 is 0 Å². The maximum Gasteiger partial charge on any atom is 0.190 e. The van der Waals surface area contributed by atoms with Crippen LogP contribution in [0.25, 0.3) is 0 Å². The van der Waals surface area contributed by atoms with Crippen LogP contribution in [-0.4, -0.2) is 13.2 Å². The number of ether oxygens (including phenoxy) is 1. The first-order chi connectivity index (χ1) is 9.04. The molecule has 0 aliphatic heterocycles. The molecule has 0 aliphatic carbocycles. The summed E-state index contributed by atoms with van der Waals surface area (Å²) in [4.78, 5) is 0. The largest absolute Gasteiger partial charge is 0.488 e. The first-order valence-electron chi connectivity index (χ1n) is 6.86. The highest BCUT2D eigenvalue weighted by Gasteiger charge is 2.12. The van der Waals surface area contributed by atoms with Crippen molar-refractivity contribution < 1.29 is 13.5 Å². The Morgan fingerprint density at radius 3 is 2.37 bits per heavy atom. The third-order valence-electron chi connectivity index (χ3n) is 2.76. The van der Waals surface area contributed by atoms with Gasteiger partial charge in [-0.15, -0.1) is 0 Å². The molecule has 0 radical (unpaired) electrons. The van der Waals surface area contributed by atoms with E-state index in [1.165, 1.54) is 12.1 Å². The quantitative estimate of drug-likeness (QED) is 0.724. The van der Waals surface area contributed by atoms with E-state index in [2.05, 4.69) is 5.32 Å². The standard InChI is InChI=1S/C15H23F2NO/c1-4-6-18-10-12-8-13(16)15(14(17)9-12)19-7-5-11(2)3/h8-9,11,18H,4-7,10H2,1-3H3. The molecule has 0 spiro atoms. The summed E-state index contributed by atoms with van der Waals surface area (Å²) in [6.45, 7) is 7.75. The lowest BCUT2D eigenvalue weighted by atomic mass is 10.1. The third kappa shape index (κ3) is 5.55. The Bertz CT molecular complexity index is 371. The van der Waals surface area contributed by atoms with E-state index in [0.717, 1.165) is 19.4 Å². The molecular weight excluding hydrogens is 248 g/mol. The molecule has 4 heteroatoms. The number of hydrogen-bond donors (Lipinski definition) is 1. The molecule has 1 aromatic carbocycles. The second kappa shape index (κ2) is 8.10. The fourth-order valence-corrected chi connectivity index (χ4v) is 1.66. The number of benzene rings is 1. The van der Waals surface area contributed by atoms with Crippen molar-refractivity contribution in [3.05, 3.63) is 29.3 Å². The van der Waals surface area contributed by atoms with Crippen LogP contribution in [0.1, 0.15) is 39.2 Å². The molecule has 1 rings (SSSR count). The Balaban J connectivity index is 2.63. The minimum Gasteiger partial charge on any atom is -0.488 e. The van der Waals surface area contributed by atoms with Crippen LogP contribution in [0.4, 0.5) is 8.78 Å². The molecule has 108 valence electrons. The second-order valence-corrected chi connectivity index (χ2v) is 5.10. The molecule has 0 aliphatic rings. The fraction of sp³-hybridized carbons (Fsp3) is 0.600. The first-order valence-corrected chi connectivity index (χ1v) is 6.86. The van der Waals surface area contributed by atoms with Crippen LogP contribution in [0.5, 0.6) is 5.75 Å². The highest BCUT2D eigenvalue weighted by Crippen LogP contribution is 2.23. The second-order valence-electron chi connectivity index (χ2n) is 5.10. The van der Waals surface area contributed by atoms with Crippen LogP contribution in [0.2, 0.25) is 0 Å². The van der Waals surface area contributed by atoms with E-state index in [4.69, 9.17) is 4.74 Å². The van der Waals surface area contributed by atoms with E-state index < -0.39 is 11.6 Å². The summed E-state index contributed by atoms with van der Waals surface area (Å²) in [7, 11) is 0. The van der Waals surface area contributed by atoms with Crippen molar-refractivity contribution in [2.24, 2.45) is 5.92 Å². The van der Waals surface area contributed by atoms with Crippen molar-refractivity contribution in [3.63, 3.8) is 0 Å². The molecule has 1 aromatic rings. The molecule has 1 N–H and O–H groups in total. The minimum absolute atomic E-state index is 0.264. The zero-order valence-corrected chi connectivity index (χ0v) is 11.9. The molecule has 0 bridgehead atoms. The zero-order valence-electron chi connectivity index (χ0n) is 11.9. The molecular formula is C15H23F2NO. The number of nitrogens with one attached hydrogen (secondary N) is 1. The molecule has 0 unspecified atom stereocenters. The Morgan fingerprint density at radius 2 is 1.84 bits per heavy atom. The van der Waals surface area contributed by atoms with E-state index in [0.29, 0.717) is 24.6 Å². The fourth-order valence-electron chi connectivity index (χ4n) is 1.66. The predicted molar refractivity (Wildman–Crippen MR) is 73.3 cm³/mol. The summed E-state index contributed by atoms with van der Waals surface area (Å²) < 4.78 is 32.7. The average molecular weight is 271 g/mol. The Hall–Kier alpha value is -1.16. The summed E-state index contributed by atoms with van der Waals surface area (Å²) in [5.41, 5.74) is 0.597. The van der Waals surface area contributed by atoms with Gasteiger partial charge in [-0.3, -0.25) is 0 Å². The van der Waals surface area contributed by atoms with Gasteiger partial charge < -0.3 is 10.1 Å². The van der Waals surface area contributed by atoms with Crippen molar-refractivity contribution in [1.29, 1.82) is 0 Å². The molecule has 0 saturated heterocycles. The van der Waals surface area contributed by atoms with Gasteiger partial charge in [0.25, 0.3) is 0 Å². The molecule has 0 amide bonds. The maximum atomic E-state index is 13.8. The summed E-state index contributed by atoms with van der Waals surface area (Å²) in [5, 5.41) is 3.11. The van der Waals surface area contributed by atoms with Gasteiger partial charge in [0.15, 0.2) is 17.4 Å². The molecule has 19 heavy (non-hydrogen) atoms. The molecule has 0 heterocycles. The smallest absolute Gasteiger partial charge is 0.190 e. The van der Waals surface area contributed by atoms with Crippen molar-refractivity contribution in [1.82, 2.24) is 5.32 Å². The van der Waals surface area contributed by atoms with Gasteiger partial charge in [0, 0.05) is 6.54 Å². The summed E-state index contributed by atoms with van der Waals surface area (Å²) in [5.74, 6) is -1.07. The number of hydrogen-bond acceptors (Lipinski definition) is 2. The molecule has 0 aromatic heterocycles. The summed E-state index contributed by atoms with van der Waals surface area (Å²) in [6, 6.07) is 2.66. The van der Waals surface area contributed by atoms with E-state index in [1.807, 2.05) is 20.8 Å². The molecule has 2 nitrogen and oxygen atoms in total. The van der Waals surface area contributed by atoms with Crippen LogP contribution in [0.3, 0.4) is 0 Å². The van der Waals surface area contributed by atoms with E-state index in [1.54, 1.807) is 0 Å². The van der Waals surface area contributed by atoms with Crippen LogP contribution in [0.15, 0.2) is 12.1 Å². The van der Waals surface area contributed by atoms with E-state index in [9.17, 15) is 8.78 Å². The van der Waals surface area contributed by atoms with Crippen LogP contribution in [-0.2, 0) is 6.54 Å². The molecule has 0 atom stereocenters. The zero-order chi connectivity index (χ0) is 14.3. The lowest BCUT2D eigenvalue weighted by Crippen LogP contribution is -2.14. The van der Waals surface area contributed by atoms with Gasteiger partial charge in [-0.1, -0.05) is 20.8 Å². The molecule has 0 saturated carbocycles. The monoisotopic (exact) mass is 271 g/mol. The number of rotatable bonds is 8. The average Bonchev–Trinajstić information content (AvgIpc) is 2.32. The van der Waals surface area contributed by atoms with Crippen molar-refractivity contribution >= 4 is 0 Å². The van der Waals surface area contributed by atoms with Gasteiger partial charge in [-0.2, -0.15) is 0 Å². The van der Waals surface area contributed by atoms with Crippen molar-refractivity contribution in [3.8, 4) is 5.75 Å². The minimum atomic E-state index is -0.628. The van der Waals surface area contributed by atoms with Crippen LogP contribution < -0.4 is 10.1 Å². The van der Waals surface area contributed by atoms with Gasteiger partial charge >= 0.3 is 0 Å². The van der Waals surface area contributed by atoms with Crippen molar-refractivity contribution in [2.75, 3.05) is 13.2 Å². The van der Waals surface area contributed by atoms with Gasteiger partial charge in [0.1, 0.15) is 0 Å². The topological polar surface area (TPSA) is 21.3 Å². The lowest BCUT2D eigenvalue weighted by molar-refractivity contribution is 0.263. The first kappa shape index (κ1) is 15.9. The Kier molecular flexibility index (Phi) is 6.78. The number of halogens is 2. The Labute approximate surface area is 114 Å². The van der Waals surface area contributed by atoms with Crippen molar-refractivity contribution in [2.45, 2.75) is 40.2 Å². The Morgan fingerprint density at radius 1 is 1.21 bits per heavy atom. The highest BCUT2D eigenvalue weighted by atomic mass is 19.1. The van der Waals surface area contributed by atoms with Gasteiger partial charge in [-0.05, 0) is 43.0 Å². The van der Waals surface area contributed by atoms with Gasteiger partial charge in [0.05, 0.1) is 6.61 Å². The summed E-state index contributed by atoms with van der Waals surface area (Å²) in [6.07, 6.45) is 1.76. The van der Waals surface area contributed by atoms with Crippen LogP contribution in [0, 0.1) is 17.6 Å². The SMILES string of the molecule is CCCNCc1cc(F)c(OCCC(C)C)c(F)c1. The third-order valence-corrected chi connectivity index (χ3v) is 2.76. The highest BCUT2D eigenvalue weighted by molar-refractivity contribution is 5.31. The van der Waals surface area contributed by atoms with E-state index in [-0.39, 0.29) is 5.75 Å². The van der Waals surface area contributed by atoms with Gasteiger partial charge in [0.2, 0.25) is 0 Å². The predicted octanol–water partition coefficient (Wildman–Crippen LogP) is 3.89.